The SMILES string of the molecule is Cc1cc(-c2cn(CC(=O)N3CCc4nc(N)sc4CC3)c(C3CCCCC3)n2)ccc1F.Cc1nc2c(o1)CN(C(=O)Cn1cc(-c3ccc(F)cc3)nc1-c1ccccc1)CC2.Cc1nc2c(s1)CCN(C(=O)Cn1cc(-c3ccc(F)c(C)c3)nc1C1CCCCC1)CC2.Nc1nc2c(s1)CCN(C(=O)Cn1cc(-c3ccc(F)cc3)nc1-c1ccccc1)CC2. The minimum absolute atomic E-state index is 0.0139. The highest BCUT2D eigenvalue weighted by Crippen LogP contribution is 2.39. The highest BCUT2D eigenvalue weighted by atomic mass is 32.1. The number of rotatable bonds is 16. The number of carbonyl (C=O) groups excluding carboxylic acids is 4. The van der Waals surface area contributed by atoms with E-state index in [9.17, 15) is 36.7 Å². The van der Waals surface area contributed by atoms with Gasteiger partial charge in [0.25, 0.3) is 0 Å². The third-order valence-electron chi connectivity index (χ3n) is 25.0. The lowest BCUT2D eigenvalue weighted by Crippen LogP contribution is -2.37. The molecule has 23 nitrogen and oxygen atoms in total. The molecule has 4 aliphatic heterocycles. The van der Waals surface area contributed by atoms with Gasteiger partial charge in [-0.2, -0.15) is 0 Å². The number of anilines is 2. The summed E-state index contributed by atoms with van der Waals surface area (Å²) >= 11 is 4.80. The number of thiazole rings is 3. The van der Waals surface area contributed by atoms with Crippen molar-refractivity contribution in [3.63, 3.8) is 0 Å². The molecule has 8 aromatic heterocycles. The fourth-order valence-corrected chi connectivity index (χ4v) is 20.8. The predicted octanol–water partition coefficient (Wildman–Crippen LogP) is 18.4. The second-order valence-corrected chi connectivity index (χ2v) is 37.5. The van der Waals surface area contributed by atoms with E-state index in [4.69, 9.17) is 35.8 Å². The van der Waals surface area contributed by atoms with Gasteiger partial charge in [-0.05, 0) is 143 Å². The maximum absolute atomic E-state index is 13.8. The van der Waals surface area contributed by atoms with Gasteiger partial charge in [0.2, 0.25) is 23.6 Å². The maximum atomic E-state index is 13.8. The fourth-order valence-electron chi connectivity index (χ4n) is 18.1. The molecule has 6 aliphatic rings. The molecule has 0 radical (unpaired) electrons. The standard InChI is InChI=1S/C26H31FN4OS.C25H30FN5OS.C24H22FN5OS.C24H21FN4O2/c1-17-14-20(8-9-21(17)27)23-15-31(26(29-23)19-6-4-3-5-7-19)16-25(32)30-12-10-22-24(11-13-30)33-18(2)28-22;1-16-13-18(7-8-19(16)26)21-14-31(24(28-21)17-5-3-2-4-6-17)15-23(32)30-11-9-20-22(10-12-30)33-25(27)29-20;25-18-8-6-16(7-9-18)20-14-30(23(27-20)17-4-2-1-3-5-17)15-22(31)29-12-10-19-21(11-13-29)32-24(26)28-19;1-16-26-20-11-12-28(14-22(20)31-16)23(30)15-29-13-21(17-7-9-19(25)10-8-17)27-24(29)18-5-3-2-4-6-18/h8-9,14-15,19H,3-7,10-13,16H2,1-2H3;7-8,13-14,17H,2-6,9-12,15H2,1H3,(H2,27,29);1-9,14H,10-13,15H2,(H2,26,28);2-10,13H,11-12,14-15H2,1H3. The molecule has 0 saturated heterocycles. The van der Waals surface area contributed by atoms with Crippen LogP contribution in [0.15, 0.2) is 175 Å². The van der Waals surface area contributed by atoms with E-state index in [1.807, 2.05) is 140 Å². The number of hydrogen-bond donors (Lipinski definition) is 2. The molecule has 30 heteroatoms. The van der Waals surface area contributed by atoms with E-state index in [1.165, 1.54) is 112 Å². The van der Waals surface area contributed by atoms with Gasteiger partial charge in [0.15, 0.2) is 16.2 Å². The van der Waals surface area contributed by atoms with Crippen LogP contribution >= 0.6 is 34.0 Å². The molecule has 4 N–H and O–H groups in total. The van der Waals surface area contributed by atoms with Crippen molar-refractivity contribution < 1.29 is 41.2 Å². The van der Waals surface area contributed by atoms with Crippen molar-refractivity contribution in [2.75, 3.05) is 57.3 Å². The summed E-state index contributed by atoms with van der Waals surface area (Å²) in [5.41, 5.74) is 25.3. The predicted molar refractivity (Wildman–Crippen MR) is 495 cm³/mol. The van der Waals surface area contributed by atoms with E-state index >= 15 is 0 Å². The molecular formula is C99H104F4N18O5S3. The van der Waals surface area contributed by atoms with Gasteiger partial charge in [0.05, 0.1) is 57.1 Å². The maximum Gasteiger partial charge on any atom is 0.242 e. The molecule has 12 heterocycles. The first kappa shape index (κ1) is 88.5. The molecule has 0 atom stereocenters. The summed E-state index contributed by atoms with van der Waals surface area (Å²) in [5.74, 6) is 4.79. The molecule has 14 aromatic rings. The molecule has 2 fully saturated rings. The first-order valence-corrected chi connectivity index (χ1v) is 47.0. The van der Waals surface area contributed by atoms with E-state index in [-0.39, 0.29) is 66.5 Å². The second-order valence-electron chi connectivity index (χ2n) is 34.0. The summed E-state index contributed by atoms with van der Waals surface area (Å²) in [7, 11) is 0. The van der Waals surface area contributed by atoms with E-state index in [0.29, 0.717) is 127 Å². The topological polar surface area (TPSA) is 269 Å². The van der Waals surface area contributed by atoms with Crippen LogP contribution in [0.3, 0.4) is 0 Å². The highest BCUT2D eigenvalue weighted by molar-refractivity contribution is 7.15. The normalized spacial score (nSPS) is 15.3. The van der Waals surface area contributed by atoms with Gasteiger partial charge in [-0.3, -0.25) is 19.2 Å². The molecule has 0 bridgehead atoms. The second kappa shape index (κ2) is 40.0. The zero-order valence-electron chi connectivity index (χ0n) is 72.9. The number of aromatic nitrogens is 12. The van der Waals surface area contributed by atoms with Crippen LogP contribution in [0.25, 0.3) is 67.8 Å². The lowest BCUT2D eigenvalue weighted by molar-refractivity contribution is -0.133. The van der Waals surface area contributed by atoms with Crippen LogP contribution in [-0.4, -0.2) is 147 Å². The minimum Gasteiger partial charge on any atom is -0.444 e. The van der Waals surface area contributed by atoms with Crippen molar-refractivity contribution in [2.24, 2.45) is 0 Å². The molecule has 6 aromatic carbocycles. The summed E-state index contributed by atoms with van der Waals surface area (Å²) in [5, 5.41) is 2.31. The third-order valence-corrected chi connectivity index (χ3v) is 28.0. The van der Waals surface area contributed by atoms with Gasteiger partial charge >= 0.3 is 0 Å². The van der Waals surface area contributed by atoms with Crippen molar-refractivity contribution in [1.82, 2.24) is 77.7 Å². The molecule has 666 valence electrons. The average Bonchev–Trinajstić information content (AvgIpc) is 1.66. The number of nitrogens with zero attached hydrogens (tertiary/aromatic N) is 16. The van der Waals surface area contributed by atoms with Gasteiger partial charge in [-0.1, -0.05) is 99.2 Å². The number of aryl methyl sites for hydroxylation is 4. The van der Waals surface area contributed by atoms with E-state index in [1.54, 1.807) is 66.5 Å². The van der Waals surface area contributed by atoms with Crippen molar-refractivity contribution in [2.45, 2.75) is 181 Å². The van der Waals surface area contributed by atoms with Crippen molar-refractivity contribution in [3.8, 4) is 67.8 Å². The van der Waals surface area contributed by atoms with Gasteiger partial charge < -0.3 is 53.8 Å². The molecule has 2 aliphatic carbocycles. The zero-order valence-corrected chi connectivity index (χ0v) is 75.4. The number of hydrogen-bond acceptors (Lipinski definition) is 18. The Hall–Kier alpha value is -12.5. The Balaban J connectivity index is 0.000000121. The lowest BCUT2D eigenvalue weighted by atomic mass is 9.88. The van der Waals surface area contributed by atoms with Crippen LogP contribution in [0, 0.1) is 51.0 Å². The fraction of sp³-hybridized carbons (Fsp3) is 0.354. The van der Waals surface area contributed by atoms with Gasteiger partial charge in [0.1, 0.15) is 78.5 Å². The zero-order chi connectivity index (χ0) is 89.3. The minimum atomic E-state index is -0.297. The molecular weight excluding hydrogens is 1690 g/mol. The van der Waals surface area contributed by atoms with E-state index in [0.717, 1.165) is 154 Å². The van der Waals surface area contributed by atoms with Crippen molar-refractivity contribution >= 4 is 67.9 Å². The Kier molecular flexibility index (Phi) is 27.4. The summed E-state index contributed by atoms with van der Waals surface area (Å²) in [4.78, 5) is 102. The number of fused-ring (bicyclic) bond motifs is 4. The monoisotopic (exact) mass is 1800 g/mol. The van der Waals surface area contributed by atoms with Crippen molar-refractivity contribution in [1.29, 1.82) is 0 Å². The van der Waals surface area contributed by atoms with Crippen LogP contribution < -0.4 is 11.5 Å². The molecule has 2 saturated carbocycles. The van der Waals surface area contributed by atoms with Crippen LogP contribution in [-0.2, 0) is 96.8 Å². The number of benzene rings is 6. The molecule has 20 rings (SSSR count). The first-order valence-electron chi connectivity index (χ1n) is 44.5. The van der Waals surface area contributed by atoms with Crippen LogP contribution in [0.1, 0.15) is 153 Å². The summed E-state index contributed by atoms with van der Waals surface area (Å²) in [6.07, 6.45) is 24.9. The number of imidazole rings is 4. The summed E-state index contributed by atoms with van der Waals surface area (Å²) < 4.78 is 67.8. The molecule has 0 spiro atoms. The van der Waals surface area contributed by atoms with Crippen LogP contribution in [0.4, 0.5) is 27.8 Å². The number of nitrogens with two attached hydrogens (primary N) is 2. The largest absolute Gasteiger partial charge is 0.444 e. The van der Waals surface area contributed by atoms with Gasteiger partial charge in [0, 0.05) is 182 Å². The third kappa shape index (κ3) is 21.3. The number of carbonyl (C=O) groups is 4. The molecule has 0 unspecified atom stereocenters. The lowest BCUT2D eigenvalue weighted by Gasteiger charge is -2.25. The van der Waals surface area contributed by atoms with Crippen LogP contribution in [0.5, 0.6) is 0 Å². The average molecular weight is 1800 g/mol. The number of amides is 4. The van der Waals surface area contributed by atoms with E-state index in [2.05, 4.69) is 24.5 Å². The Bertz CT molecular complexity index is 6060. The highest BCUT2D eigenvalue weighted by Gasteiger charge is 2.32. The smallest absolute Gasteiger partial charge is 0.242 e. The Morgan fingerprint density at radius 2 is 0.729 bits per heavy atom. The van der Waals surface area contributed by atoms with E-state index < -0.39 is 0 Å². The number of oxazole rings is 1. The summed E-state index contributed by atoms with van der Waals surface area (Å²) in [6.45, 7) is 13.4. The number of nitrogen functional groups attached to an aromatic ring is 2. The molecule has 129 heavy (non-hydrogen) atoms. The Labute approximate surface area is 759 Å². The van der Waals surface area contributed by atoms with Gasteiger partial charge in [-0.15, -0.1) is 34.0 Å². The first-order chi connectivity index (χ1) is 62.6. The Morgan fingerprint density at radius 3 is 1.16 bits per heavy atom. The summed E-state index contributed by atoms with van der Waals surface area (Å²) in [6, 6.07) is 42.2. The Morgan fingerprint density at radius 1 is 0.372 bits per heavy atom. The van der Waals surface area contributed by atoms with Crippen molar-refractivity contribution in [3.05, 3.63) is 270 Å². The number of halogens is 4. The quantitative estimate of drug-likeness (QED) is 0.0851. The van der Waals surface area contributed by atoms with Crippen LogP contribution in [0.2, 0.25) is 0 Å². The van der Waals surface area contributed by atoms with Gasteiger partial charge in [-0.25, -0.2) is 57.4 Å². The molecule has 4 amide bonds.